The number of hydrogen-bond acceptors (Lipinski definition) is 5. The van der Waals surface area contributed by atoms with Gasteiger partial charge in [-0.2, -0.15) is 4.31 Å². The fraction of sp³-hybridized carbons (Fsp3) is 0.346. The molecule has 8 heteroatoms. The van der Waals surface area contributed by atoms with E-state index in [2.05, 4.69) is 5.32 Å². The van der Waals surface area contributed by atoms with E-state index in [0.717, 1.165) is 30.0 Å². The number of nitrogens with zero attached hydrogens (tertiary/aromatic N) is 1. The van der Waals surface area contributed by atoms with Gasteiger partial charge in [-0.1, -0.05) is 43.7 Å². The maximum atomic E-state index is 13.3. The van der Waals surface area contributed by atoms with E-state index in [1.165, 1.54) is 17.5 Å². The summed E-state index contributed by atoms with van der Waals surface area (Å²) < 4.78 is 39.3. The molecule has 0 aromatic heterocycles. The maximum Gasteiger partial charge on any atom is 0.265 e. The second kappa shape index (κ2) is 10.4. The smallest absolute Gasteiger partial charge is 0.265 e. The first kappa shape index (κ1) is 24.0. The molecule has 34 heavy (non-hydrogen) atoms. The molecule has 0 saturated carbocycles. The number of anilines is 1. The molecule has 1 aliphatic rings. The third-order valence-corrected chi connectivity index (χ3v) is 7.95. The Bertz CT molecular complexity index is 1270. The molecule has 3 aromatic rings. The van der Waals surface area contributed by atoms with Crippen molar-refractivity contribution >= 4 is 32.4 Å². The van der Waals surface area contributed by atoms with E-state index >= 15 is 0 Å². The Morgan fingerprint density at radius 2 is 1.74 bits per heavy atom. The summed E-state index contributed by atoms with van der Waals surface area (Å²) in [4.78, 5) is 13.1. The molecule has 1 fully saturated rings. The number of methoxy groups -OCH3 is 1. The Kier molecular flexibility index (Phi) is 7.38. The van der Waals surface area contributed by atoms with Crippen LogP contribution in [0.5, 0.6) is 11.5 Å². The van der Waals surface area contributed by atoms with Gasteiger partial charge in [0.2, 0.25) is 10.0 Å². The van der Waals surface area contributed by atoms with Crippen LogP contribution in [0.1, 0.15) is 32.6 Å². The van der Waals surface area contributed by atoms with E-state index < -0.39 is 16.1 Å². The molecule has 0 bridgehead atoms. The van der Waals surface area contributed by atoms with Gasteiger partial charge < -0.3 is 14.8 Å². The van der Waals surface area contributed by atoms with Gasteiger partial charge in [0.15, 0.2) is 6.10 Å². The summed E-state index contributed by atoms with van der Waals surface area (Å²) in [5.74, 6) is 0.508. The first-order valence-corrected chi connectivity index (χ1v) is 13.0. The van der Waals surface area contributed by atoms with Gasteiger partial charge in [-0.05, 0) is 60.4 Å². The van der Waals surface area contributed by atoms with Crippen molar-refractivity contribution in [2.75, 3.05) is 25.5 Å². The fourth-order valence-electron chi connectivity index (χ4n) is 4.15. The van der Waals surface area contributed by atoms with E-state index in [1.54, 1.807) is 12.1 Å². The summed E-state index contributed by atoms with van der Waals surface area (Å²) in [5.41, 5.74) is 0.377. The number of ether oxygens (including phenoxy) is 2. The lowest BCUT2D eigenvalue weighted by atomic mass is 10.1. The molecule has 180 valence electrons. The minimum Gasteiger partial charge on any atom is -0.495 e. The molecule has 7 nitrogen and oxygen atoms in total. The predicted octanol–water partition coefficient (Wildman–Crippen LogP) is 4.82. The van der Waals surface area contributed by atoms with Gasteiger partial charge in [-0.3, -0.25) is 4.79 Å². The van der Waals surface area contributed by atoms with Crippen molar-refractivity contribution in [3.63, 3.8) is 0 Å². The van der Waals surface area contributed by atoms with Crippen molar-refractivity contribution in [1.82, 2.24) is 4.31 Å². The molecule has 1 amide bonds. The molecular weight excluding hydrogens is 452 g/mol. The van der Waals surface area contributed by atoms with Gasteiger partial charge >= 0.3 is 0 Å². The fourth-order valence-corrected chi connectivity index (χ4v) is 5.85. The Balaban J connectivity index is 1.53. The number of carbonyl (C=O) groups is 1. The first-order valence-electron chi connectivity index (χ1n) is 11.6. The number of benzene rings is 3. The van der Waals surface area contributed by atoms with Crippen molar-refractivity contribution in [2.45, 2.75) is 43.6 Å². The van der Waals surface area contributed by atoms with Crippen LogP contribution >= 0.6 is 0 Å². The van der Waals surface area contributed by atoms with Crippen molar-refractivity contribution in [3.05, 3.63) is 60.7 Å². The summed E-state index contributed by atoms with van der Waals surface area (Å²) in [5, 5.41) is 4.93. The van der Waals surface area contributed by atoms with E-state index in [-0.39, 0.29) is 16.6 Å². The standard InChI is InChI=1S/C26H30N2O5S/c1-3-23(33-22-13-11-19-9-5-6-10-20(19)17-22)26(29)27-21-12-14-24(32-2)25(18-21)34(30,31)28-15-7-4-8-16-28/h5-6,9-14,17-18,23H,3-4,7-8,15-16H2,1-2H3,(H,27,29)/t23-/m1/s1. The van der Waals surface area contributed by atoms with Gasteiger partial charge in [0.05, 0.1) is 7.11 Å². The van der Waals surface area contributed by atoms with Gasteiger partial charge in [0.25, 0.3) is 5.91 Å². The highest BCUT2D eigenvalue weighted by Crippen LogP contribution is 2.31. The molecule has 0 radical (unpaired) electrons. The van der Waals surface area contributed by atoms with E-state index in [1.807, 2.05) is 49.4 Å². The van der Waals surface area contributed by atoms with Crippen molar-refractivity contribution < 1.29 is 22.7 Å². The number of piperidine rings is 1. The van der Waals surface area contributed by atoms with Crippen LogP contribution < -0.4 is 14.8 Å². The number of amides is 1. The van der Waals surface area contributed by atoms with Crippen molar-refractivity contribution in [2.24, 2.45) is 0 Å². The van der Waals surface area contributed by atoms with Crippen LogP contribution in [0.2, 0.25) is 0 Å². The number of rotatable bonds is 8. The number of fused-ring (bicyclic) bond motifs is 1. The lowest BCUT2D eigenvalue weighted by Gasteiger charge is -2.26. The highest BCUT2D eigenvalue weighted by atomic mass is 32.2. The molecule has 1 heterocycles. The minimum absolute atomic E-state index is 0.0539. The average molecular weight is 483 g/mol. The van der Waals surface area contributed by atoms with E-state index in [9.17, 15) is 13.2 Å². The largest absolute Gasteiger partial charge is 0.495 e. The lowest BCUT2D eigenvalue weighted by molar-refractivity contribution is -0.122. The van der Waals surface area contributed by atoms with Gasteiger partial charge in [-0.15, -0.1) is 0 Å². The Labute approximate surface area is 200 Å². The minimum atomic E-state index is -3.73. The summed E-state index contributed by atoms with van der Waals surface area (Å²) >= 11 is 0. The monoisotopic (exact) mass is 482 g/mol. The van der Waals surface area contributed by atoms with Crippen LogP contribution in [0.4, 0.5) is 5.69 Å². The Morgan fingerprint density at radius 3 is 2.44 bits per heavy atom. The third-order valence-electron chi connectivity index (χ3n) is 6.03. The maximum absolute atomic E-state index is 13.3. The van der Waals surface area contributed by atoms with Crippen LogP contribution in [-0.4, -0.2) is 44.9 Å². The first-order chi connectivity index (χ1) is 16.4. The van der Waals surface area contributed by atoms with Gasteiger partial charge in [0.1, 0.15) is 16.4 Å². The molecule has 1 saturated heterocycles. The number of nitrogens with one attached hydrogen (secondary N) is 1. The second-order valence-corrected chi connectivity index (χ2v) is 10.2. The molecular formula is C26H30N2O5S. The predicted molar refractivity (Wildman–Crippen MR) is 133 cm³/mol. The number of hydrogen-bond donors (Lipinski definition) is 1. The van der Waals surface area contributed by atoms with Crippen LogP contribution in [0.3, 0.4) is 0 Å². The molecule has 1 N–H and O–H groups in total. The molecule has 0 aliphatic carbocycles. The highest BCUT2D eigenvalue weighted by molar-refractivity contribution is 7.89. The molecule has 1 atom stereocenters. The zero-order chi connectivity index (χ0) is 24.1. The van der Waals surface area contributed by atoms with Crippen LogP contribution in [0, 0.1) is 0 Å². The summed E-state index contributed by atoms with van der Waals surface area (Å²) in [6.45, 7) is 2.84. The van der Waals surface area contributed by atoms with Gasteiger partial charge in [0, 0.05) is 18.8 Å². The summed E-state index contributed by atoms with van der Waals surface area (Å²) in [6, 6.07) is 18.3. The van der Waals surface area contributed by atoms with E-state index in [0.29, 0.717) is 30.9 Å². The zero-order valence-corrected chi connectivity index (χ0v) is 20.3. The molecule has 1 aliphatic heterocycles. The highest BCUT2D eigenvalue weighted by Gasteiger charge is 2.29. The van der Waals surface area contributed by atoms with Crippen molar-refractivity contribution in [3.8, 4) is 11.5 Å². The quantitative estimate of drug-likeness (QED) is 0.498. The topological polar surface area (TPSA) is 84.9 Å². The van der Waals surface area contributed by atoms with Crippen LogP contribution in [0.25, 0.3) is 10.8 Å². The molecule has 3 aromatic carbocycles. The Hall–Kier alpha value is -3.10. The SMILES string of the molecule is CC[C@@H](Oc1ccc2ccccc2c1)C(=O)Nc1ccc(OC)c(S(=O)(=O)N2CCCCC2)c1. The number of sulfonamides is 1. The summed E-state index contributed by atoms with van der Waals surface area (Å²) in [7, 11) is -2.29. The summed E-state index contributed by atoms with van der Waals surface area (Å²) in [6.07, 6.45) is 2.41. The Morgan fingerprint density at radius 1 is 1.00 bits per heavy atom. The lowest BCUT2D eigenvalue weighted by Crippen LogP contribution is -2.36. The van der Waals surface area contributed by atoms with Gasteiger partial charge in [-0.25, -0.2) is 8.42 Å². The number of carbonyl (C=O) groups excluding carboxylic acids is 1. The van der Waals surface area contributed by atoms with Crippen LogP contribution in [-0.2, 0) is 14.8 Å². The normalized spacial score (nSPS) is 15.6. The van der Waals surface area contributed by atoms with E-state index in [4.69, 9.17) is 9.47 Å². The zero-order valence-electron chi connectivity index (χ0n) is 19.5. The third kappa shape index (κ3) is 5.18. The second-order valence-electron chi connectivity index (χ2n) is 8.34. The average Bonchev–Trinajstić information content (AvgIpc) is 2.87. The molecule has 4 rings (SSSR count). The van der Waals surface area contributed by atoms with Crippen LogP contribution in [0.15, 0.2) is 65.6 Å². The molecule has 0 unspecified atom stereocenters. The van der Waals surface area contributed by atoms with Crippen molar-refractivity contribution in [1.29, 1.82) is 0 Å². The molecule has 0 spiro atoms.